The SMILES string of the molecule is CC(C)n1nc(-c2nnc(C3C4CN(C5CCC5)CC43)o2)c2ccccc21. The summed E-state index contributed by atoms with van der Waals surface area (Å²) < 4.78 is 8.19. The molecule has 2 unspecified atom stereocenters. The topological polar surface area (TPSA) is 60.0 Å². The Morgan fingerprint density at radius 3 is 2.56 bits per heavy atom. The minimum atomic E-state index is 0.284. The lowest BCUT2D eigenvalue weighted by Crippen LogP contribution is -2.40. The van der Waals surface area contributed by atoms with Crippen LogP contribution in [-0.4, -0.2) is 44.0 Å². The zero-order valence-corrected chi connectivity index (χ0v) is 15.9. The maximum atomic E-state index is 6.15. The average molecular weight is 363 g/mol. The molecule has 140 valence electrons. The Morgan fingerprint density at radius 2 is 1.85 bits per heavy atom. The smallest absolute Gasteiger partial charge is 0.268 e. The van der Waals surface area contributed by atoms with Crippen LogP contribution in [-0.2, 0) is 0 Å². The fourth-order valence-electron chi connectivity index (χ4n) is 5.08. The molecule has 2 aliphatic carbocycles. The lowest BCUT2D eigenvalue weighted by atomic mass is 9.91. The molecule has 2 aromatic heterocycles. The summed E-state index contributed by atoms with van der Waals surface area (Å²) >= 11 is 0. The highest BCUT2D eigenvalue weighted by atomic mass is 16.4. The van der Waals surface area contributed by atoms with Gasteiger partial charge in [-0.05, 0) is 44.6 Å². The molecule has 27 heavy (non-hydrogen) atoms. The minimum Gasteiger partial charge on any atom is -0.419 e. The Hall–Kier alpha value is -2.21. The third-order valence-corrected chi connectivity index (χ3v) is 6.84. The van der Waals surface area contributed by atoms with Crippen LogP contribution in [0.5, 0.6) is 0 Å². The third kappa shape index (κ3) is 2.32. The summed E-state index contributed by atoms with van der Waals surface area (Å²) in [6.45, 7) is 6.70. The van der Waals surface area contributed by atoms with Crippen molar-refractivity contribution in [2.45, 2.75) is 51.1 Å². The molecule has 3 heterocycles. The van der Waals surface area contributed by atoms with E-state index in [-0.39, 0.29) is 6.04 Å². The largest absolute Gasteiger partial charge is 0.419 e. The van der Waals surface area contributed by atoms with E-state index in [1.807, 2.05) is 16.8 Å². The Kier molecular flexibility index (Phi) is 3.30. The quantitative estimate of drug-likeness (QED) is 0.704. The van der Waals surface area contributed by atoms with Gasteiger partial charge in [-0.1, -0.05) is 24.6 Å². The van der Waals surface area contributed by atoms with Crippen molar-refractivity contribution >= 4 is 10.9 Å². The van der Waals surface area contributed by atoms with Gasteiger partial charge in [0.2, 0.25) is 5.89 Å². The molecule has 3 aliphatic rings. The second-order valence-electron chi connectivity index (χ2n) is 8.74. The lowest BCUT2D eigenvalue weighted by molar-refractivity contribution is 0.139. The molecule has 0 bridgehead atoms. The number of hydrogen-bond donors (Lipinski definition) is 0. The van der Waals surface area contributed by atoms with Crippen LogP contribution in [0.25, 0.3) is 22.5 Å². The Labute approximate surface area is 158 Å². The number of piperidine rings is 1. The zero-order valence-electron chi connectivity index (χ0n) is 15.9. The molecule has 3 aromatic rings. The normalized spacial score (nSPS) is 28.0. The number of nitrogens with zero attached hydrogens (tertiary/aromatic N) is 5. The van der Waals surface area contributed by atoms with Gasteiger partial charge in [0.15, 0.2) is 5.69 Å². The molecule has 1 saturated heterocycles. The van der Waals surface area contributed by atoms with E-state index in [0.29, 0.717) is 23.6 Å². The molecule has 1 aromatic carbocycles. The molecule has 3 fully saturated rings. The molecule has 0 N–H and O–H groups in total. The van der Waals surface area contributed by atoms with Crippen molar-refractivity contribution in [3.63, 3.8) is 0 Å². The van der Waals surface area contributed by atoms with Gasteiger partial charge >= 0.3 is 0 Å². The Balaban J connectivity index is 1.27. The highest BCUT2D eigenvalue weighted by molar-refractivity contribution is 5.91. The molecule has 2 atom stereocenters. The minimum absolute atomic E-state index is 0.284. The van der Waals surface area contributed by atoms with Crippen LogP contribution in [0.15, 0.2) is 28.7 Å². The van der Waals surface area contributed by atoms with Gasteiger partial charge in [-0.2, -0.15) is 5.10 Å². The third-order valence-electron chi connectivity index (χ3n) is 6.84. The van der Waals surface area contributed by atoms with Crippen LogP contribution in [0.2, 0.25) is 0 Å². The Morgan fingerprint density at radius 1 is 1.07 bits per heavy atom. The van der Waals surface area contributed by atoms with Crippen molar-refractivity contribution in [3.05, 3.63) is 30.2 Å². The summed E-state index contributed by atoms with van der Waals surface area (Å²) in [5, 5.41) is 14.7. The summed E-state index contributed by atoms with van der Waals surface area (Å²) in [6.07, 6.45) is 4.19. The first-order valence-electron chi connectivity index (χ1n) is 10.3. The van der Waals surface area contributed by atoms with Crippen LogP contribution in [0, 0.1) is 11.8 Å². The van der Waals surface area contributed by atoms with Crippen LogP contribution < -0.4 is 0 Å². The molecule has 6 rings (SSSR count). The van der Waals surface area contributed by atoms with Gasteiger partial charge in [-0.15, -0.1) is 10.2 Å². The highest BCUT2D eigenvalue weighted by Gasteiger charge is 2.60. The Bertz CT molecular complexity index is 989. The molecule has 6 nitrogen and oxygen atoms in total. The number of fused-ring (bicyclic) bond motifs is 2. The van der Waals surface area contributed by atoms with Gasteiger partial charge in [0, 0.05) is 36.5 Å². The average Bonchev–Trinajstić information content (AvgIpc) is 3.07. The fourth-order valence-corrected chi connectivity index (χ4v) is 5.08. The van der Waals surface area contributed by atoms with Crippen LogP contribution in [0.3, 0.4) is 0 Å². The zero-order chi connectivity index (χ0) is 18.1. The number of para-hydroxylation sites is 1. The van der Waals surface area contributed by atoms with Crippen LogP contribution in [0.4, 0.5) is 0 Å². The molecule has 6 heteroatoms. The number of benzene rings is 1. The summed E-state index contributed by atoms with van der Waals surface area (Å²) in [4.78, 5) is 2.68. The summed E-state index contributed by atoms with van der Waals surface area (Å²) in [5.41, 5.74) is 1.92. The summed E-state index contributed by atoms with van der Waals surface area (Å²) in [7, 11) is 0. The van der Waals surface area contributed by atoms with Gasteiger partial charge in [0.25, 0.3) is 5.89 Å². The van der Waals surface area contributed by atoms with Gasteiger partial charge in [-0.25, -0.2) is 0 Å². The van der Waals surface area contributed by atoms with Crippen molar-refractivity contribution in [2.24, 2.45) is 11.8 Å². The lowest BCUT2D eigenvalue weighted by Gasteiger charge is -2.35. The summed E-state index contributed by atoms with van der Waals surface area (Å²) in [6, 6.07) is 9.40. The van der Waals surface area contributed by atoms with E-state index < -0.39 is 0 Å². The predicted octanol–water partition coefficient (Wildman–Crippen LogP) is 3.86. The van der Waals surface area contributed by atoms with Gasteiger partial charge in [0.05, 0.1) is 5.52 Å². The van der Waals surface area contributed by atoms with Crippen molar-refractivity contribution in [2.75, 3.05) is 13.1 Å². The maximum absolute atomic E-state index is 6.15. The number of hydrogen-bond acceptors (Lipinski definition) is 5. The van der Waals surface area contributed by atoms with Crippen molar-refractivity contribution < 1.29 is 4.42 Å². The van der Waals surface area contributed by atoms with Gasteiger partial charge < -0.3 is 4.42 Å². The van der Waals surface area contributed by atoms with Crippen LogP contribution >= 0.6 is 0 Å². The molecule has 0 radical (unpaired) electrons. The first-order chi connectivity index (χ1) is 13.2. The van der Waals surface area contributed by atoms with E-state index in [9.17, 15) is 0 Å². The first-order valence-corrected chi connectivity index (χ1v) is 10.3. The first kappa shape index (κ1) is 15.8. The van der Waals surface area contributed by atoms with Gasteiger partial charge in [-0.3, -0.25) is 9.58 Å². The van der Waals surface area contributed by atoms with E-state index in [2.05, 4.69) is 41.1 Å². The highest BCUT2D eigenvalue weighted by Crippen LogP contribution is 2.59. The summed E-state index contributed by atoms with van der Waals surface area (Å²) in [5.74, 6) is 3.26. The molecule has 0 spiro atoms. The maximum Gasteiger partial charge on any atom is 0.268 e. The van der Waals surface area contributed by atoms with Crippen LogP contribution in [0.1, 0.15) is 51.0 Å². The molecular weight excluding hydrogens is 338 g/mol. The van der Waals surface area contributed by atoms with E-state index in [1.54, 1.807) is 0 Å². The van der Waals surface area contributed by atoms with E-state index in [4.69, 9.17) is 9.52 Å². The molecular formula is C21H25N5O. The number of aromatic nitrogens is 4. The number of likely N-dealkylation sites (tertiary alicyclic amines) is 1. The van der Waals surface area contributed by atoms with Gasteiger partial charge in [0.1, 0.15) is 0 Å². The van der Waals surface area contributed by atoms with Crippen molar-refractivity contribution in [1.82, 2.24) is 24.9 Å². The second-order valence-corrected chi connectivity index (χ2v) is 8.74. The van der Waals surface area contributed by atoms with E-state index >= 15 is 0 Å². The molecule has 2 saturated carbocycles. The fraction of sp³-hybridized carbons (Fsp3) is 0.571. The molecule has 1 aliphatic heterocycles. The predicted molar refractivity (Wildman–Crippen MR) is 102 cm³/mol. The standard InChI is InChI=1S/C21H25N5O/c1-12(2)26-17-9-4-3-8-14(17)19(24-26)21-23-22-20(27-21)18-15-10-25(11-16(15)18)13-6-5-7-13/h3-4,8-9,12-13,15-16,18H,5-7,10-11H2,1-2H3. The number of rotatable bonds is 4. The van der Waals surface area contributed by atoms with Crippen molar-refractivity contribution in [1.29, 1.82) is 0 Å². The van der Waals surface area contributed by atoms with E-state index in [0.717, 1.165) is 28.5 Å². The monoisotopic (exact) mass is 363 g/mol. The molecule has 0 amide bonds. The van der Waals surface area contributed by atoms with Crippen molar-refractivity contribution in [3.8, 4) is 11.6 Å². The second kappa shape index (κ2) is 5.64. The van der Waals surface area contributed by atoms with E-state index in [1.165, 1.54) is 32.4 Å².